The molecule has 0 unspecified atom stereocenters. The van der Waals surface area contributed by atoms with Crippen LogP contribution in [0.1, 0.15) is 5.56 Å². The lowest BCUT2D eigenvalue weighted by atomic mass is 10.2. The highest BCUT2D eigenvalue weighted by Gasteiger charge is 2.32. The van der Waals surface area contributed by atoms with Gasteiger partial charge in [-0.1, -0.05) is 36.4 Å². The average Bonchev–Trinajstić information content (AvgIpc) is 2.80. The Morgan fingerprint density at radius 1 is 0.871 bits per heavy atom. The molecule has 1 saturated heterocycles. The second-order valence-electron chi connectivity index (χ2n) is 7.10. The smallest absolute Gasteiger partial charge is 0.243 e. The number of benzene rings is 3. The first-order valence-corrected chi connectivity index (χ1v) is 11.3. The predicted molar refractivity (Wildman–Crippen MR) is 117 cm³/mol. The Hall–Kier alpha value is -3.36. The monoisotopic (exact) mass is 433 g/mol. The number of azo groups is 1. The molecule has 1 heterocycles. The first-order chi connectivity index (χ1) is 15.0. The minimum Gasteiger partial charge on any atom is -0.336 e. The summed E-state index contributed by atoms with van der Waals surface area (Å²) in [4.78, 5) is 14.3. The summed E-state index contributed by atoms with van der Waals surface area (Å²) in [6.07, 6.45) is 0. The molecule has 0 bridgehead atoms. The van der Waals surface area contributed by atoms with Gasteiger partial charge in [-0.25, -0.2) is 8.42 Å². The Morgan fingerprint density at radius 2 is 1.58 bits per heavy atom. The van der Waals surface area contributed by atoms with E-state index in [9.17, 15) is 13.2 Å². The van der Waals surface area contributed by atoms with Gasteiger partial charge in [0.25, 0.3) is 0 Å². The molecule has 8 heteroatoms. The van der Waals surface area contributed by atoms with Crippen LogP contribution in [0.3, 0.4) is 0 Å². The summed E-state index contributed by atoms with van der Waals surface area (Å²) in [5.41, 5.74) is 2.22. The normalized spacial score (nSPS) is 15.5. The number of carbonyl (C=O) groups is 1. The number of hydrogen-bond donors (Lipinski definition) is 0. The summed E-state index contributed by atoms with van der Waals surface area (Å²) in [6.45, 7) is 0.871. The van der Waals surface area contributed by atoms with E-state index in [2.05, 4.69) is 16.3 Å². The predicted octanol–water partition coefficient (Wildman–Crippen LogP) is 3.94. The van der Waals surface area contributed by atoms with Crippen molar-refractivity contribution in [2.45, 2.75) is 11.4 Å². The van der Waals surface area contributed by atoms with E-state index < -0.39 is 10.0 Å². The number of sulfonamides is 1. The molecular formula is C23H21N4O3S. The Bertz CT molecular complexity index is 1160. The van der Waals surface area contributed by atoms with Gasteiger partial charge in [0, 0.05) is 19.6 Å². The van der Waals surface area contributed by atoms with Gasteiger partial charge in [-0.2, -0.15) is 14.5 Å². The van der Waals surface area contributed by atoms with Gasteiger partial charge < -0.3 is 4.90 Å². The molecule has 0 spiro atoms. The zero-order valence-corrected chi connectivity index (χ0v) is 17.6. The van der Waals surface area contributed by atoms with Crippen molar-refractivity contribution in [3.63, 3.8) is 0 Å². The van der Waals surface area contributed by atoms with Gasteiger partial charge in [0.15, 0.2) is 0 Å². The summed E-state index contributed by atoms with van der Waals surface area (Å²) < 4.78 is 27.2. The molecule has 0 saturated carbocycles. The molecule has 157 valence electrons. The lowest BCUT2D eigenvalue weighted by Gasteiger charge is -2.33. The zero-order valence-electron chi connectivity index (χ0n) is 16.8. The number of nitrogens with zero attached hydrogens (tertiary/aromatic N) is 4. The van der Waals surface area contributed by atoms with Crippen molar-refractivity contribution >= 4 is 27.3 Å². The van der Waals surface area contributed by atoms with Gasteiger partial charge in [-0.3, -0.25) is 4.79 Å². The average molecular weight is 434 g/mol. The minimum atomic E-state index is -3.77. The molecule has 0 atom stereocenters. The topological polar surface area (TPSA) is 82.4 Å². The molecule has 1 aliphatic heterocycles. The van der Waals surface area contributed by atoms with Crippen molar-refractivity contribution in [3.05, 3.63) is 90.5 Å². The molecular weight excluding hydrogens is 412 g/mol. The molecule has 3 aromatic carbocycles. The van der Waals surface area contributed by atoms with E-state index in [1.807, 2.05) is 48.5 Å². The molecule has 31 heavy (non-hydrogen) atoms. The van der Waals surface area contributed by atoms with E-state index in [0.717, 1.165) is 5.56 Å². The summed E-state index contributed by atoms with van der Waals surface area (Å²) in [5.74, 6) is -0.216. The highest BCUT2D eigenvalue weighted by molar-refractivity contribution is 7.89. The highest BCUT2D eigenvalue weighted by Crippen LogP contribution is 2.23. The minimum absolute atomic E-state index is 0.130. The molecule has 3 aromatic rings. The second-order valence-corrected chi connectivity index (χ2v) is 9.03. The molecule has 0 aromatic heterocycles. The molecule has 7 nitrogen and oxygen atoms in total. The van der Waals surface area contributed by atoms with Gasteiger partial charge in [-0.05, 0) is 54.1 Å². The number of rotatable bonds is 6. The Morgan fingerprint density at radius 3 is 2.23 bits per heavy atom. The van der Waals surface area contributed by atoms with Crippen molar-refractivity contribution in [2.24, 2.45) is 10.2 Å². The molecule has 1 radical (unpaired) electrons. The van der Waals surface area contributed by atoms with E-state index in [0.29, 0.717) is 24.5 Å². The summed E-state index contributed by atoms with van der Waals surface area (Å²) in [6, 6.07) is 25.9. The van der Waals surface area contributed by atoms with Crippen molar-refractivity contribution in [2.75, 3.05) is 19.6 Å². The van der Waals surface area contributed by atoms with Gasteiger partial charge in [0.05, 0.1) is 22.8 Å². The van der Waals surface area contributed by atoms with Crippen LogP contribution >= 0.6 is 0 Å². The van der Waals surface area contributed by atoms with Crippen molar-refractivity contribution in [1.82, 2.24) is 9.21 Å². The highest BCUT2D eigenvalue weighted by atomic mass is 32.2. The van der Waals surface area contributed by atoms with Crippen molar-refractivity contribution < 1.29 is 13.2 Å². The molecule has 1 fully saturated rings. The second kappa shape index (κ2) is 9.20. The largest absolute Gasteiger partial charge is 0.336 e. The van der Waals surface area contributed by atoms with Gasteiger partial charge in [0.2, 0.25) is 15.9 Å². The maximum Gasteiger partial charge on any atom is 0.243 e. The van der Waals surface area contributed by atoms with E-state index in [-0.39, 0.29) is 23.9 Å². The Labute approximate surface area is 181 Å². The lowest BCUT2D eigenvalue weighted by Crippen LogP contribution is -2.51. The van der Waals surface area contributed by atoms with Crippen LogP contribution in [0.5, 0.6) is 0 Å². The Kier molecular flexibility index (Phi) is 6.20. The van der Waals surface area contributed by atoms with Crippen LogP contribution in [-0.2, 0) is 21.4 Å². The van der Waals surface area contributed by atoms with Crippen LogP contribution in [0.2, 0.25) is 0 Å². The third kappa shape index (κ3) is 5.04. The first kappa shape index (κ1) is 20.9. The number of hydrogen-bond acceptors (Lipinski definition) is 5. The lowest BCUT2D eigenvalue weighted by molar-refractivity contribution is -0.134. The van der Waals surface area contributed by atoms with E-state index in [1.54, 1.807) is 23.1 Å². The number of carbonyl (C=O) groups excluding carboxylic acids is 1. The van der Waals surface area contributed by atoms with Crippen LogP contribution in [-0.4, -0.2) is 43.2 Å². The molecule has 4 rings (SSSR count). The fraction of sp³-hybridized carbons (Fsp3) is 0.174. The van der Waals surface area contributed by atoms with Gasteiger partial charge >= 0.3 is 0 Å². The van der Waals surface area contributed by atoms with Gasteiger partial charge in [0.1, 0.15) is 0 Å². The summed E-state index contributed by atoms with van der Waals surface area (Å²) in [5, 5.41) is 8.25. The summed E-state index contributed by atoms with van der Waals surface area (Å²) >= 11 is 0. The van der Waals surface area contributed by atoms with Crippen LogP contribution in [0.4, 0.5) is 11.4 Å². The molecule has 1 amide bonds. The van der Waals surface area contributed by atoms with Crippen molar-refractivity contribution in [3.8, 4) is 0 Å². The molecule has 0 aliphatic carbocycles. The Balaban J connectivity index is 1.41. The van der Waals surface area contributed by atoms with Crippen LogP contribution < -0.4 is 0 Å². The maximum atomic E-state index is 13.0. The number of amides is 1. The SMILES string of the molecule is O=C1CN(S(=O)(=O)c2ccc(N=Nc3ccccc3)cc2)CCN1Cc1c[c]ccc1. The fourth-order valence-corrected chi connectivity index (χ4v) is 4.63. The van der Waals surface area contributed by atoms with Crippen LogP contribution in [0.15, 0.2) is 94.0 Å². The van der Waals surface area contributed by atoms with E-state index >= 15 is 0 Å². The van der Waals surface area contributed by atoms with E-state index in [4.69, 9.17) is 0 Å². The first-order valence-electron chi connectivity index (χ1n) is 9.82. The third-order valence-corrected chi connectivity index (χ3v) is 6.80. The van der Waals surface area contributed by atoms with Crippen molar-refractivity contribution in [1.29, 1.82) is 0 Å². The number of piperazine rings is 1. The van der Waals surface area contributed by atoms with E-state index in [1.165, 1.54) is 16.4 Å². The van der Waals surface area contributed by atoms with Crippen LogP contribution in [0.25, 0.3) is 0 Å². The van der Waals surface area contributed by atoms with Crippen LogP contribution in [0, 0.1) is 6.07 Å². The fourth-order valence-electron chi connectivity index (χ4n) is 3.25. The third-order valence-electron chi connectivity index (χ3n) is 4.94. The maximum absolute atomic E-state index is 13.0. The molecule has 0 N–H and O–H groups in total. The standard InChI is InChI=1S/C23H21N4O3S/c28-23-18-27(16-15-26(23)17-19-7-3-1-4-8-19)31(29,30)22-13-11-21(12-14-22)25-24-20-9-5-2-6-10-20/h1-3,5-14H,15-18H2. The zero-order chi connectivity index (χ0) is 21.7. The van der Waals surface area contributed by atoms with Gasteiger partial charge in [-0.15, -0.1) is 0 Å². The molecule has 1 aliphatic rings. The summed E-state index contributed by atoms with van der Waals surface area (Å²) in [7, 11) is -3.77. The quantitative estimate of drug-likeness (QED) is 0.552.